The molecular formula is C11H13FN2O2. The third-order valence-electron chi connectivity index (χ3n) is 2.39. The van der Waals surface area contributed by atoms with Crippen LogP contribution in [0.15, 0.2) is 18.2 Å². The van der Waals surface area contributed by atoms with Crippen molar-refractivity contribution in [2.45, 2.75) is 19.4 Å². The highest BCUT2D eigenvalue weighted by Crippen LogP contribution is 2.30. The number of hydrogen-bond acceptors (Lipinski definition) is 3. The highest BCUT2D eigenvalue weighted by Gasteiger charge is 2.39. The molecule has 1 fully saturated rings. The molecule has 1 saturated heterocycles. The Morgan fingerprint density at radius 2 is 2.19 bits per heavy atom. The molecule has 2 rings (SSSR count). The molecule has 86 valence electrons. The van der Waals surface area contributed by atoms with E-state index < -0.39 is 17.5 Å². The lowest BCUT2D eigenvalue weighted by Crippen LogP contribution is -2.28. The molecule has 1 aliphatic rings. The minimum absolute atomic E-state index is 0.199. The van der Waals surface area contributed by atoms with E-state index in [-0.39, 0.29) is 5.69 Å². The zero-order chi connectivity index (χ0) is 11.9. The summed E-state index contributed by atoms with van der Waals surface area (Å²) in [7, 11) is 0. The fourth-order valence-corrected chi connectivity index (χ4v) is 1.69. The summed E-state index contributed by atoms with van der Waals surface area (Å²) in [5.41, 5.74) is 5.37. The summed E-state index contributed by atoms with van der Waals surface area (Å²) in [5.74, 6) is -0.519. The average Bonchev–Trinajstić information content (AvgIpc) is 2.39. The lowest BCUT2D eigenvalue weighted by molar-refractivity contribution is 0.0871. The molecule has 0 atom stereocenters. The number of ether oxygens (including phenoxy) is 1. The number of cyclic esters (lactones) is 1. The molecule has 0 unspecified atom stereocenters. The molecular weight excluding hydrogens is 211 g/mol. The number of hydrogen-bond donors (Lipinski definition) is 1. The third kappa shape index (κ3) is 1.80. The van der Waals surface area contributed by atoms with Crippen molar-refractivity contribution >= 4 is 17.5 Å². The molecule has 1 aliphatic heterocycles. The van der Waals surface area contributed by atoms with Crippen LogP contribution in [0.4, 0.5) is 20.6 Å². The highest BCUT2D eigenvalue weighted by atomic mass is 19.1. The van der Waals surface area contributed by atoms with Crippen LogP contribution in [0.25, 0.3) is 0 Å². The summed E-state index contributed by atoms with van der Waals surface area (Å²) < 4.78 is 18.7. The Kier molecular flexibility index (Phi) is 2.26. The quantitative estimate of drug-likeness (QED) is 0.743. The first-order valence-electron chi connectivity index (χ1n) is 4.95. The van der Waals surface area contributed by atoms with Crippen LogP contribution in [0.3, 0.4) is 0 Å². The summed E-state index contributed by atoms with van der Waals surface area (Å²) in [6, 6.07) is 4.22. The van der Waals surface area contributed by atoms with Crippen molar-refractivity contribution in [1.82, 2.24) is 0 Å². The first kappa shape index (κ1) is 10.7. The SMILES string of the molecule is CC1(C)CN(c2ccc(N)cc2F)C(=O)O1. The van der Waals surface area contributed by atoms with E-state index in [0.29, 0.717) is 12.2 Å². The second-order valence-electron chi connectivity index (χ2n) is 4.42. The molecule has 1 aromatic carbocycles. The maximum atomic E-state index is 13.6. The van der Waals surface area contributed by atoms with E-state index in [4.69, 9.17) is 10.5 Å². The molecule has 0 aliphatic carbocycles. The third-order valence-corrected chi connectivity index (χ3v) is 2.39. The van der Waals surface area contributed by atoms with E-state index in [9.17, 15) is 9.18 Å². The molecule has 4 nitrogen and oxygen atoms in total. The van der Waals surface area contributed by atoms with Gasteiger partial charge in [-0.05, 0) is 32.0 Å². The maximum absolute atomic E-state index is 13.6. The maximum Gasteiger partial charge on any atom is 0.415 e. The minimum atomic E-state index is -0.592. The van der Waals surface area contributed by atoms with Crippen molar-refractivity contribution in [3.05, 3.63) is 24.0 Å². The van der Waals surface area contributed by atoms with Crippen molar-refractivity contribution in [3.8, 4) is 0 Å². The molecule has 0 bridgehead atoms. The zero-order valence-electron chi connectivity index (χ0n) is 9.16. The highest BCUT2D eigenvalue weighted by molar-refractivity contribution is 5.90. The average molecular weight is 224 g/mol. The van der Waals surface area contributed by atoms with Crippen LogP contribution in [0.2, 0.25) is 0 Å². The van der Waals surface area contributed by atoms with Crippen LogP contribution < -0.4 is 10.6 Å². The van der Waals surface area contributed by atoms with Gasteiger partial charge in [0.2, 0.25) is 0 Å². The van der Waals surface area contributed by atoms with Gasteiger partial charge in [0.05, 0.1) is 12.2 Å². The zero-order valence-corrected chi connectivity index (χ0v) is 9.16. The topological polar surface area (TPSA) is 55.6 Å². The number of amides is 1. The van der Waals surface area contributed by atoms with E-state index in [1.807, 2.05) is 0 Å². The van der Waals surface area contributed by atoms with Crippen LogP contribution in [-0.2, 0) is 4.74 Å². The monoisotopic (exact) mass is 224 g/mol. The second kappa shape index (κ2) is 3.37. The predicted octanol–water partition coefficient (Wildman–Crippen LogP) is 2.14. The van der Waals surface area contributed by atoms with Crippen molar-refractivity contribution in [3.63, 3.8) is 0 Å². The second-order valence-corrected chi connectivity index (χ2v) is 4.42. The number of halogens is 1. The number of carbonyl (C=O) groups is 1. The van der Waals surface area contributed by atoms with Crippen LogP contribution in [0.5, 0.6) is 0 Å². The molecule has 0 aromatic heterocycles. The fourth-order valence-electron chi connectivity index (χ4n) is 1.69. The van der Waals surface area contributed by atoms with Gasteiger partial charge in [-0.25, -0.2) is 9.18 Å². The number of nitrogens with two attached hydrogens (primary N) is 1. The Labute approximate surface area is 92.8 Å². The normalized spacial score (nSPS) is 18.7. The van der Waals surface area contributed by atoms with Gasteiger partial charge in [-0.1, -0.05) is 0 Å². The van der Waals surface area contributed by atoms with Crippen LogP contribution in [0.1, 0.15) is 13.8 Å². The lowest BCUT2D eigenvalue weighted by Gasteiger charge is -2.16. The van der Waals surface area contributed by atoms with E-state index in [0.717, 1.165) is 0 Å². The Morgan fingerprint density at radius 3 is 2.69 bits per heavy atom. The van der Waals surface area contributed by atoms with Gasteiger partial charge in [-0.2, -0.15) is 0 Å². The number of carbonyl (C=O) groups excluding carboxylic acids is 1. The first-order valence-corrected chi connectivity index (χ1v) is 4.95. The van der Waals surface area contributed by atoms with Gasteiger partial charge in [-0.3, -0.25) is 4.90 Å². The van der Waals surface area contributed by atoms with Crippen LogP contribution in [-0.4, -0.2) is 18.2 Å². The first-order chi connectivity index (χ1) is 7.39. The Balaban J connectivity index is 2.35. The fraction of sp³-hybridized carbons (Fsp3) is 0.364. The number of anilines is 2. The minimum Gasteiger partial charge on any atom is -0.441 e. The molecule has 1 aromatic rings. The molecule has 1 amide bonds. The number of nitrogens with zero attached hydrogens (tertiary/aromatic N) is 1. The number of benzene rings is 1. The summed E-state index contributed by atoms with van der Waals surface area (Å²) in [5, 5.41) is 0. The molecule has 5 heteroatoms. The predicted molar refractivity (Wildman–Crippen MR) is 58.7 cm³/mol. The van der Waals surface area contributed by atoms with Gasteiger partial charge in [0.25, 0.3) is 0 Å². The van der Waals surface area contributed by atoms with Gasteiger partial charge in [0.15, 0.2) is 0 Å². The van der Waals surface area contributed by atoms with Gasteiger partial charge in [-0.15, -0.1) is 0 Å². The Bertz CT molecular complexity index is 446. The van der Waals surface area contributed by atoms with Crippen molar-refractivity contribution in [2.75, 3.05) is 17.2 Å². The van der Waals surface area contributed by atoms with Gasteiger partial charge in [0, 0.05) is 5.69 Å². The molecule has 1 heterocycles. The summed E-state index contributed by atoms with van der Waals surface area (Å²) in [6.45, 7) is 3.88. The standard InChI is InChI=1S/C11H13FN2O2/c1-11(2)6-14(10(15)16-11)9-4-3-7(13)5-8(9)12/h3-5H,6,13H2,1-2H3. The Hall–Kier alpha value is -1.78. The van der Waals surface area contributed by atoms with Crippen molar-refractivity contribution in [1.29, 1.82) is 0 Å². The van der Waals surface area contributed by atoms with Crippen molar-refractivity contribution in [2.24, 2.45) is 0 Å². The summed E-state index contributed by atoms with van der Waals surface area (Å²) in [6.07, 6.45) is -0.534. The van der Waals surface area contributed by atoms with E-state index in [2.05, 4.69) is 0 Å². The molecule has 0 saturated carbocycles. The smallest absolute Gasteiger partial charge is 0.415 e. The van der Waals surface area contributed by atoms with E-state index >= 15 is 0 Å². The largest absolute Gasteiger partial charge is 0.441 e. The van der Waals surface area contributed by atoms with Gasteiger partial charge < -0.3 is 10.5 Å². The van der Waals surface area contributed by atoms with Gasteiger partial charge in [0.1, 0.15) is 11.4 Å². The van der Waals surface area contributed by atoms with Crippen LogP contribution >= 0.6 is 0 Å². The summed E-state index contributed by atoms with van der Waals surface area (Å²) in [4.78, 5) is 12.8. The van der Waals surface area contributed by atoms with Crippen LogP contribution in [0, 0.1) is 5.82 Å². The molecule has 0 spiro atoms. The molecule has 16 heavy (non-hydrogen) atoms. The number of nitrogen functional groups attached to an aromatic ring is 1. The lowest BCUT2D eigenvalue weighted by atomic mass is 10.1. The number of rotatable bonds is 1. The molecule has 2 N–H and O–H groups in total. The Morgan fingerprint density at radius 1 is 1.50 bits per heavy atom. The summed E-state index contributed by atoms with van der Waals surface area (Å²) >= 11 is 0. The van der Waals surface area contributed by atoms with E-state index in [1.54, 1.807) is 19.9 Å². The van der Waals surface area contributed by atoms with Gasteiger partial charge >= 0.3 is 6.09 Å². The van der Waals surface area contributed by atoms with E-state index in [1.165, 1.54) is 17.0 Å². The molecule has 0 radical (unpaired) electrons. The van der Waals surface area contributed by atoms with Crippen molar-refractivity contribution < 1.29 is 13.9 Å².